The van der Waals surface area contributed by atoms with Crippen LogP contribution in [0.25, 0.3) is 80.2 Å². The Morgan fingerprint density at radius 2 is 0.886 bits per heavy atom. The fourth-order valence-corrected chi connectivity index (χ4v) is 12.1. The predicted molar refractivity (Wildman–Crippen MR) is 304 cm³/mol. The van der Waals surface area contributed by atoms with Crippen LogP contribution < -0.4 is 9.80 Å². The number of hydrogen-bond acceptors (Lipinski definition) is 3. The van der Waals surface area contributed by atoms with Gasteiger partial charge in [0, 0.05) is 70.2 Å². The van der Waals surface area contributed by atoms with Crippen LogP contribution in [-0.4, -0.2) is 4.40 Å². The van der Waals surface area contributed by atoms with Gasteiger partial charge in [0.15, 0.2) is 0 Å². The van der Waals surface area contributed by atoms with Crippen LogP contribution in [0.3, 0.4) is 0 Å². The Morgan fingerprint density at radius 1 is 0.357 bits per heavy atom. The van der Waals surface area contributed by atoms with Crippen molar-refractivity contribution in [3.8, 4) is 11.1 Å². The molecule has 3 heterocycles. The fraction of sp³-hybridized carbons (Fsp3) is 0.121. The highest BCUT2D eigenvalue weighted by Crippen LogP contribution is 2.50. The number of benzene rings is 10. The van der Waals surface area contributed by atoms with Gasteiger partial charge in [0.25, 0.3) is 0 Å². The average molecular weight is 920 g/mol. The number of fused-ring (bicyclic) bond motifs is 10. The fourth-order valence-electron chi connectivity index (χ4n) is 10.9. The molecule has 338 valence electrons. The lowest BCUT2D eigenvalue weighted by Gasteiger charge is -2.27. The molecule has 3 aromatic heterocycles. The van der Waals surface area contributed by atoms with E-state index in [1.54, 1.807) is 0 Å². The molecular weight excluding hydrogens is 867 g/mol. The Bertz CT molecular complexity index is 4100. The van der Waals surface area contributed by atoms with Crippen LogP contribution >= 0.6 is 11.3 Å². The minimum atomic E-state index is 0.0519. The van der Waals surface area contributed by atoms with E-state index in [-0.39, 0.29) is 10.8 Å². The molecule has 10 aromatic carbocycles. The quantitative estimate of drug-likeness (QED) is 0.158. The minimum Gasteiger partial charge on any atom is -0.310 e. The summed E-state index contributed by atoms with van der Waals surface area (Å²) < 4.78 is 5.12. The van der Waals surface area contributed by atoms with Crippen LogP contribution in [0.5, 0.6) is 0 Å². The highest BCUT2D eigenvalue weighted by Gasteiger charge is 2.26. The number of aromatic nitrogens is 1. The van der Waals surface area contributed by atoms with Gasteiger partial charge in [0.1, 0.15) is 0 Å². The highest BCUT2D eigenvalue weighted by atomic mass is 32.1. The minimum absolute atomic E-state index is 0.0519. The summed E-state index contributed by atoms with van der Waals surface area (Å²) in [6, 6.07) is 79.2. The zero-order chi connectivity index (χ0) is 47.5. The van der Waals surface area contributed by atoms with Crippen molar-refractivity contribution in [3.05, 3.63) is 223 Å². The Labute approximate surface area is 413 Å². The van der Waals surface area contributed by atoms with Gasteiger partial charge in [-0.15, -0.1) is 11.3 Å². The number of para-hydroxylation sites is 2. The van der Waals surface area contributed by atoms with Gasteiger partial charge in [-0.2, -0.15) is 0 Å². The number of anilines is 6. The van der Waals surface area contributed by atoms with E-state index in [0.29, 0.717) is 0 Å². The topological polar surface area (TPSA) is 10.9 Å². The average Bonchev–Trinajstić information content (AvgIpc) is 4.02. The molecule has 0 unspecified atom stereocenters. The largest absolute Gasteiger partial charge is 0.310 e. The summed E-state index contributed by atoms with van der Waals surface area (Å²) in [5.74, 6) is 0. The summed E-state index contributed by atoms with van der Waals surface area (Å²) in [5.41, 5.74) is 15.8. The molecule has 13 aromatic rings. The maximum absolute atomic E-state index is 2.55. The van der Waals surface area contributed by atoms with Gasteiger partial charge in [-0.1, -0.05) is 151 Å². The van der Waals surface area contributed by atoms with E-state index in [4.69, 9.17) is 0 Å². The molecule has 0 aliphatic carbocycles. The van der Waals surface area contributed by atoms with Gasteiger partial charge in [-0.3, -0.25) is 0 Å². The molecular formula is C66H53N3S. The van der Waals surface area contributed by atoms with Gasteiger partial charge in [-0.25, -0.2) is 0 Å². The first-order valence-corrected chi connectivity index (χ1v) is 25.3. The number of nitrogens with zero attached hydrogens (tertiary/aromatic N) is 3. The second kappa shape index (κ2) is 15.8. The van der Waals surface area contributed by atoms with E-state index in [9.17, 15) is 0 Å². The lowest BCUT2D eigenvalue weighted by molar-refractivity contribution is 0.590. The Kier molecular flexibility index (Phi) is 9.53. The van der Waals surface area contributed by atoms with Gasteiger partial charge >= 0.3 is 0 Å². The molecule has 0 atom stereocenters. The second-order valence-electron chi connectivity index (χ2n) is 21.1. The van der Waals surface area contributed by atoms with E-state index < -0.39 is 0 Å². The van der Waals surface area contributed by atoms with Crippen molar-refractivity contribution >= 4 is 115 Å². The summed E-state index contributed by atoms with van der Waals surface area (Å²) in [7, 11) is 0. The molecule has 0 spiro atoms. The summed E-state index contributed by atoms with van der Waals surface area (Å²) in [6.45, 7) is 13.7. The molecule has 0 N–H and O–H groups in total. The number of rotatable bonds is 7. The Balaban J connectivity index is 1.01. The molecule has 13 rings (SSSR count). The van der Waals surface area contributed by atoms with Crippen molar-refractivity contribution in [3.63, 3.8) is 0 Å². The van der Waals surface area contributed by atoms with Crippen molar-refractivity contribution in [1.82, 2.24) is 4.40 Å². The van der Waals surface area contributed by atoms with E-state index in [1.807, 2.05) is 11.3 Å². The summed E-state index contributed by atoms with van der Waals surface area (Å²) in [6.07, 6.45) is 0. The van der Waals surface area contributed by atoms with Gasteiger partial charge < -0.3 is 14.2 Å². The zero-order valence-corrected chi connectivity index (χ0v) is 41.3. The molecule has 0 aliphatic heterocycles. The molecule has 0 saturated heterocycles. The lowest BCUT2D eigenvalue weighted by Crippen LogP contribution is -2.13. The van der Waals surface area contributed by atoms with Crippen LogP contribution in [0.1, 0.15) is 52.7 Å². The van der Waals surface area contributed by atoms with Crippen LogP contribution in [0.15, 0.2) is 212 Å². The van der Waals surface area contributed by atoms with Crippen molar-refractivity contribution in [1.29, 1.82) is 0 Å². The Morgan fingerprint density at radius 3 is 1.53 bits per heavy atom. The van der Waals surface area contributed by atoms with Crippen LogP contribution in [0, 0.1) is 0 Å². The zero-order valence-electron chi connectivity index (χ0n) is 40.5. The predicted octanol–water partition coefficient (Wildman–Crippen LogP) is 19.6. The van der Waals surface area contributed by atoms with Crippen LogP contribution in [0.2, 0.25) is 0 Å². The maximum Gasteiger partial charge on any atom is 0.0641 e. The van der Waals surface area contributed by atoms with Gasteiger partial charge in [0.05, 0.1) is 22.2 Å². The number of thiophene rings is 1. The monoisotopic (exact) mass is 919 g/mol. The molecule has 70 heavy (non-hydrogen) atoms. The second-order valence-corrected chi connectivity index (χ2v) is 22.2. The van der Waals surface area contributed by atoms with Gasteiger partial charge in [-0.05, 0) is 147 Å². The highest BCUT2D eigenvalue weighted by molar-refractivity contribution is 7.26. The first-order chi connectivity index (χ1) is 34.0. The van der Waals surface area contributed by atoms with E-state index in [1.165, 1.54) is 97.0 Å². The third-order valence-electron chi connectivity index (χ3n) is 14.6. The molecule has 3 nitrogen and oxygen atoms in total. The van der Waals surface area contributed by atoms with E-state index >= 15 is 0 Å². The molecule has 0 amide bonds. The molecule has 4 heteroatoms. The third-order valence-corrected chi connectivity index (χ3v) is 15.7. The first kappa shape index (κ1) is 42.2. The first-order valence-electron chi connectivity index (χ1n) is 24.5. The summed E-state index contributed by atoms with van der Waals surface area (Å²) in [5, 5.41) is 10.1. The smallest absolute Gasteiger partial charge is 0.0641 e. The third kappa shape index (κ3) is 6.84. The van der Waals surface area contributed by atoms with E-state index in [0.717, 1.165) is 28.4 Å². The van der Waals surface area contributed by atoms with Crippen molar-refractivity contribution < 1.29 is 0 Å². The normalized spacial score (nSPS) is 12.4. The standard InChI is InChI=1S/C66H53N3S/c1-65(2,3)46-23-27-50(28-24-46)67(48-18-12-8-13-19-48)52-31-32-53-56-38-44-37-55-54-33-35-59(68(49-20-14-9-15-21-49)51-29-25-47(26-30-51)66(4,5)6)63-57-36-43(42-16-10-7-11-17-42)22-34-58(57)69(64(54)63)60(55)39-45(44)40-61(56)70-62(53)41-52/h7-41H,1-6H3. The maximum atomic E-state index is 2.55. The van der Waals surface area contributed by atoms with Crippen molar-refractivity contribution in [2.24, 2.45) is 0 Å². The molecule has 0 fully saturated rings. The SMILES string of the molecule is CC(C)(C)c1ccc(N(c2ccccc2)c2ccc3c(c2)sc2cc4cc5c(cc4cc23)c2ccc(N(c3ccccc3)c3ccc(C(C)(C)C)cc3)c3c4cc(-c6ccccc6)ccc4n5c23)cc1. The van der Waals surface area contributed by atoms with Gasteiger partial charge in [0.2, 0.25) is 0 Å². The van der Waals surface area contributed by atoms with Crippen molar-refractivity contribution in [2.75, 3.05) is 9.80 Å². The van der Waals surface area contributed by atoms with Crippen LogP contribution in [0.4, 0.5) is 34.1 Å². The van der Waals surface area contributed by atoms with Crippen LogP contribution in [-0.2, 0) is 10.8 Å². The van der Waals surface area contributed by atoms with E-state index in [2.05, 4.69) is 268 Å². The van der Waals surface area contributed by atoms with Crippen molar-refractivity contribution in [2.45, 2.75) is 52.4 Å². The lowest BCUT2D eigenvalue weighted by atomic mass is 9.87. The molecule has 0 aliphatic rings. The molecule has 0 radical (unpaired) electrons. The molecule has 0 saturated carbocycles. The molecule has 0 bridgehead atoms. The summed E-state index contributed by atoms with van der Waals surface area (Å²) >= 11 is 1.89. The number of hydrogen-bond donors (Lipinski definition) is 0. The summed E-state index contributed by atoms with van der Waals surface area (Å²) in [4.78, 5) is 4.84. The Hall–Kier alpha value is -7.92.